The molecule has 29 heavy (non-hydrogen) atoms. The van der Waals surface area contributed by atoms with Crippen LogP contribution in [-0.4, -0.2) is 24.4 Å². The van der Waals surface area contributed by atoms with Gasteiger partial charge in [-0.1, -0.05) is 60.7 Å². The minimum absolute atomic E-state index is 0.0193. The maximum Gasteiger partial charge on any atom is 0.251 e. The predicted molar refractivity (Wildman–Crippen MR) is 111 cm³/mol. The molecule has 3 aromatic carbocycles. The van der Waals surface area contributed by atoms with Crippen LogP contribution in [0.1, 0.15) is 34.3 Å². The summed E-state index contributed by atoms with van der Waals surface area (Å²) >= 11 is 0. The van der Waals surface area contributed by atoms with Crippen molar-refractivity contribution in [2.45, 2.75) is 18.9 Å². The first-order valence-electron chi connectivity index (χ1n) is 9.47. The second-order valence-corrected chi connectivity index (χ2v) is 6.84. The molecule has 148 valence electrons. The van der Waals surface area contributed by atoms with Gasteiger partial charge in [0.1, 0.15) is 5.82 Å². The number of rotatable bonds is 7. The summed E-state index contributed by atoms with van der Waals surface area (Å²) in [5.41, 5.74) is 2.50. The molecular formula is C24H23FN2O2. The molecule has 4 nitrogen and oxygen atoms in total. The Morgan fingerprint density at radius 3 is 1.86 bits per heavy atom. The van der Waals surface area contributed by atoms with Crippen LogP contribution in [-0.2, 0) is 4.79 Å². The van der Waals surface area contributed by atoms with Crippen molar-refractivity contribution in [3.63, 3.8) is 0 Å². The van der Waals surface area contributed by atoms with Gasteiger partial charge in [0.15, 0.2) is 0 Å². The number of nitrogens with one attached hydrogen (secondary N) is 2. The van der Waals surface area contributed by atoms with E-state index in [1.807, 2.05) is 67.6 Å². The molecule has 5 heteroatoms. The van der Waals surface area contributed by atoms with Gasteiger partial charge in [-0.05, 0) is 42.3 Å². The average molecular weight is 390 g/mol. The summed E-state index contributed by atoms with van der Waals surface area (Å²) in [6.07, 6.45) is 0. The van der Waals surface area contributed by atoms with Crippen LogP contribution in [0.15, 0.2) is 84.9 Å². The van der Waals surface area contributed by atoms with Gasteiger partial charge in [0.25, 0.3) is 5.91 Å². The van der Waals surface area contributed by atoms with E-state index in [1.54, 1.807) is 0 Å². The maximum atomic E-state index is 13.0. The molecule has 0 aliphatic rings. The van der Waals surface area contributed by atoms with Gasteiger partial charge in [-0.25, -0.2) is 4.39 Å². The molecule has 1 atom stereocenters. The maximum absolute atomic E-state index is 13.0. The van der Waals surface area contributed by atoms with Crippen LogP contribution in [0.4, 0.5) is 4.39 Å². The Balaban J connectivity index is 1.64. The molecule has 0 aromatic heterocycles. The molecule has 0 bridgehead atoms. The number of amides is 2. The second-order valence-electron chi connectivity index (χ2n) is 6.84. The van der Waals surface area contributed by atoms with Gasteiger partial charge in [-0.15, -0.1) is 0 Å². The average Bonchev–Trinajstić information content (AvgIpc) is 2.74. The van der Waals surface area contributed by atoms with Crippen LogP contribution in [0, 0.1) is 5.82 Å². The molecule has 0 fully saturated rings. The van der Waals surface area contributed by atoms with Crippen LogP contribution in [0.5, 0.6) is 0 Å². The third-order valence-electron chi connectivity index (χ3n) is 4.72. The zero-order valence-electron chi connectivity index (χ0n) is 16.1. The van der Waals surface area contributed by atoms with Crippen molar-refractivity contribution < 1.29 is 14.0 Å². The van der Waals surface area contributed by atoms with Gasteiger partial charge in [-0.2, -0.15) is 0 Å². The Kier molecular flexibility index (Phi) is 6.74. The van der Waals surface area contributed by atoms with Crippen molar-refractivity contribution in [2.24, 2.45) is 0 Å². The molecule has 0 aliphatic heterocycles. The third-order valence-corrected chi connectivity index (χ3v) is 4.72. The lowest BCUT2D eigenvalue weighted by Gasteiger charge is -2.26. The fourth-order valence-electron chi connectivity index (χ4n) is 3.34. The normalized spacial score (nSPS) is 11.7. The second kappa shape index (κ2) is 9.64. The van der Waals surface area contributed by atoms with Gasteiger partial charge >= 0.3 is 0 Å². The first kappa shape index (κ1) is 20.3. The minimum Gasteiger partial charge on any atom is -0.351 e. The molecule has 0 aliphatic carbocycles. The van der Waals surface area contributed by atoms with E-state index < -0.39 is 11.7 Å². The highest BCUT2D eigenvalue weighted by molar-refractivity contribution is 5.96. The number of benzene rings is 3. The summed E-state index contributed by atoms with van der Waals surface area (Å²) < 4.78 is 13.0. The zero-order valence-corrected chi connectivity index (χ0v) is 16.1. The van der Waals surface area contributed by atoms with E-state index >= 15 is 0 Å². The Morgan fingerprint density at radius 1 is 0.828 bits per heavy atom. The van der Waals surface area contributed by atoms with E-state index in [2.05, 4.69) is 10.6 Å². The molecule has 3 rings (SSSR count). The van der Waals surface area contributed by atoms with Gasteiger partial charge in [0.05, 0.1) is 6.54 Å². The SMILES string of the molecule is C[C@H](NC(=O)CNC(=O)c1ccc(F)cc1)C(c1ccccc1)c1ccccc1. The summed E-state index contributed by atoms with van der Waals surface area (Å²) in [6.45, 7) is 1.79. The van der Waals surface area contributed by atoms with Crippen molar-refractivity contribution in [1.82, 2.24) is 10.6 Å². The molecule has 0 saturated carbocycles. The summed E-state index contributed by atoms with van der Waals surface area (Å²) in [7, 11) is 0. The summed E-state index contributed by atoms with van der Waals surface area (Å²) in [6, 6.07) is 25.0. The van der Waals surface area contributed by atoms with Gasteiger partial charge in [0.2, 0.25) is 5.91 Å². The highest BCUT2D eigenvalue weighted by Gasteiger charge is 2.23. The van der Waals surface area contributed by atoms with Crippen molar-refractivity contribution in [3.05, 3.63) is 107 Å². The summed E-state index contributed by atoms with van der Waals surface area (Å²) in [5.74, 6) is -1.14. The topological polar surface area (TPSA) is 58.2 Å². The Morgan fingerprint density at radius 2 is 1.34 bits per heavy atom. The lowest BCUT2D eigenvalue weighted by Crippen LogP contribution is -2.43. The summed E-state index contributed by atoms with van der Waals surface area (Å²) in [5, 5.41) is 5.55. The van der Waals surface area contributed by atoms with Crippen LogP contribution >= 0.6 is 0 Å². The van der Waals surface area contributed by atoms with Crippen molar-refractivity contribution in [2.75, 3.05) is 6.54 Å². The largest absolute Gasteiger partial charge is 0.351 e. The van der Waals surface area contributed by atoms with Crippen molar-refractivity contribution >= 4 is 11.8 Å². The molecule has 0 unspecified atom stereocenters. The lowest BCUT2D eigenvalue weighted by atomic mass is 9.86. The van der Waals surface area contributed by atoms with E-state index in [9.17, 15) is 14.0 Å². The predicted octanol–water partition coefficient (Wildman–Crippen LogP) is 3.89. The highest BCUT2D eigenvalue weighted by Crippen LogP contribution is 2.27. The number of hydrogen-bond acceptors (Lipinski definition) is 2. The van der Waals surface area contributed by atoms with Crippen molar-refractivity contribution in [3.8, 4) is 0 Å². The number of carbonyl (C=O) groups excluding carboxylic acids is 2. The minimum atomic E-state index is -0.421. The first-order valence-corrected chi connectivity index (χ1v) is 9.47. The number of hydrogen-bond donors (Lipinski definition) is 2. The van der Waals surface area contributed by atoms with E-state index in [0.717, 1.165) is 11.1 Å². The number of halogens is 1. The van der Waals surface area contributed by atoms with Crippen LogP contribution in [0.25, 0.3) is 0 Å². The van der Waals surface area contributed by atoms with E-state index in [4.69, 9.17) is 0 Å². The fraction of sp³-hybridized carbons (Fsp3) is 0.167. The van der Waals surface area contributed by atoms with E-state index in [-0.39, 0.29) is 24.4 Å². The van der Waals surface area contributed by atoms with Gasteiger partial charge < -0.3 is 10.6 Å². The lowest BCUT2D eigenvalue weighted by molar-refractivity contribution is -0.120. The molecule has 3 aromatic rings. The fourth-order valence-corrected chi connectivity index (χ4v) is 3.34. The molecule has 2 N–H and O–H groups in total. The Bertz CT molecular complexity index is 904. The smallest absolute Gasteiger partial charge is 0.251 e. The quantitative estimate of drug-likeness (QED) is 0.643. The van der Waals surface area contributed by atoms with Crippen LogP contribution in [0.3, 0.4) is 0 Å². The highest BCUT2D eigenvalue weighted by atomic mass is 19.1. The molecule has 0 heterocycles. The van der Waals surface area contributed by atoms with Crippen molar-refractivity contribution in [1.29, 1.82) is 0 Å². The van der Waals surface area contributed by atoms with Crippen LogP contribution in [0.2, 0.25) is 0 Å². The molecule has 0 radical (unpaired) electrons. The Labute approximate surface area is 169 Å². The van der Waals surface area contributed by atoms with E-state index in [1.165, 1.54) is 24.3 Å². The molecule has 0 spiro atoms. The summed E-state index contributed by atoms with van der Waals surface area (Å²) in [4.78, 5) is 24.5. The van der Waals surface area contributed by atoms with E-state index in [0.29, 0.717) is 5.56 Å². The molecule has 0 saturated heterocycles. The third kappa shape index (κ3) is 5.51. The van der Waals surface area contributed by atoms with Gasteiger partial charge in [-0.3, -0.25) is 9.59 Å². The standard InChI is InChI=1S/C24H23FN2O2/c1-17(23(18-8-4-2-5-9-18)19-10-6-3-7-11-19)27-22(28)16-26-24(29)20-12-14-21(25)15-13-20/h2-15,17,23H,16H2,1H3,(H,26,29)(H,27,28)/t17-/m0/s1. The zero-order chi connectivity index (χ0) is 20.6. The number of carbonyl (C=O) groups is 2. The van der Waals surface area contributed by atoms with Gasteiger partial charge in [0, 0.05) is 17.5 Å². The molecular weight excluding hydrogens is 367 g/mol. The first-order chi connectivity index (χ1) is 14.0. The Hall–Kier alpha value is -3.47. The van der Waals surface area contributed by atoms with Crippen LogP contribution < -0.4 is 10.6 Å². The molecule has 2 amide bonds. The monoisotopic (exact) mass is 390 g/mol.